The predicted octanol–water partition coefficient (Wildman–Crippen LogP) is 1.25. The number of imidazole rings is 1. The Morgan fingerprint density at radius 2 is 2.32 bits per heavy atom. The van der Waals surface area contributed by atoms with E-state index in [-0.39, 0.29) is 17.1 Å². The van der Waals surface area contributed by atoms with Gasteiger partial charge in [-0.3, -0.25) is 9.99 Å². The van der Waals surface area contributed by atoms with Crippen molar-refractivity contribution in [3.05, 3.63) is 34.2 Å². The summed E-state index contributed by atoms with van der Waals surface area (Å²) in [6.07, 6.45) is 2.80. The van der Waals surface area contributed by atoms with Crippen LogP contribution in [0.15, 0.2) is 23.3 Å². The maximum atomic E-state index is 11.8. The topological polar surface area (TPSA) is 87.0 Å². The van der Waals surface area contributed by atoms with E-state index in [4.69, 9.17) is 11.6 Å². The van der Waals surface area contributed by atoms with Gasteiger partial charge in [-0.2, -0.15) is 4.98 Å². The average molecular weight is 284 g/mol. The van der Waals surface area contributed by atoms with Crippen LogP contribution in [0.5, 0.6) is 5.88 Å². The first-order chi connectivity index (χ1) is 8.97. The minimum Gasteiger partial charge on any atom is -0.493 e. The highest BCUT2D eigenvalue weighted by molar-refractivity contribution is 6.28. The molecule has 2 rings (SSSR count). The third kappa shape index (κ3) is 3.05. The van der Waals surface area contributed by atoms with Gasteiger partial charge in [0, 0.05) is 18.8 Å². The van der Waals surface area contributed by atoms with Gasteiger partial charge in [0.05, 0.1) is 6.20 Å². The van der Waals surface area contributed by atoms with Crippen LogP contribution in [0.2, 0.25) is 5.28 Å². The van der Waals surface area contributed by atoms with E-state index in [0.717, 1.165) is 0 Å². The highest BCUT2D eigenvalue weighted by atomic mass is 35.5. The molecule has 0 unspecified atom stereocenters. The first-order valence-corrected chi connectivity index (χ1v) is 6.12. The molecule has 2 N–H and O–H groups in total. The highest BCUT2D eigenvalue weighted by Crippen LogP contribution is 2.15. The number of aromatic hydroxyl groups is 1. The van der Waals surface area contributed by atoms with Crippen molar-refractivity contribution >= 4 is 17.4 Å². The molecule has 0 aliphatic rings. The summed E-state index contributed by atoms with van der Waals surface area (Å²) in [4.78, 5) is 21.9. The van der Waals surface area contributed by atoms with Crippen LogP contribution in [-0.2, 0) is 0 Å². The van der Waals surface area contributed by atoms with E-state index >= 15 is 0 Å². The quantitative estimate of drug-likeness (QED) is 0.825. The lowest BCUT2D eigenvalue weighted by molar-refractivity contribution is 0.454. The Balaban J connectivity index is 2.47. The van der Waals surface area contributed by atoms with Crippen LogP contribution in [0.1, 0.15) is 13.8 Å². The highest BCUT2D eigenvalue weighted by Gasteiger charge is 2.16. The molecule has 8 heteroatoms. The van der Waals surface area contributed by atoms with Gasteiger partial charge in [-0.05, 0) is 17.5 Å². The van der Waals surface area contributed by atoms with E-state index < -0.39 is 5.69 Å². The predicted molar refractivity (Wildman–Crippen MR) is 71.3 cm³/mol. The Kier molecular flexibility index (Phi) is 3.75. The van der Waals surface area contributed by atoms with Crippen molar-refractivity contribution in [3.63, 3.8) is 0 Å². The number of nitrogens with zero attached hydrogens (tertiary/aromatic N) is 4. The van der Waals surface area contributed by atoms with Gasteiger partial charge < -0.3 is 5.11 Å². The summed E-state index contributed by atoms with van der Waals surface area (Å²) in [6, 6.07) is 1.64. The molecule has 0 spiro atoms. The van der Waals surface area contributed by atoms with Gasteiger partial charge >= 0.3 is 5.69 Å². The van der Waals surface area contributed by atoms with Crippen LogP contribution in [0.4, 0.5) is 5.82 Å². The number of aromatic nitrogens is 4. The van der Waals surface area contributed by atoms with E-state index in [0.29, 0.717) is 12.4 Å². The van der Waals surface area contributed by atoms with E-state index in [1.54, 1.807) is 11.1 Å². The van der Waals surface area contributed by atoms with Gasteiger partial charge in [-0.25, -0.2) is 14.5 Å². The molecular formula is C11H14ClN5O2. The third-order valence-corrected chi connectivity index (χ3v) is 2.54. The zero-order valence-electron chi connectivity index (χ0n) is 10.5. The molecule has 0 aromatic carbocycles. The zero-order valence-corrected chi connectivity index (χ0v) is 11.3. The summed E-state index contributed by atoms with van der Waals surface area (Å²) < 4.78 is 1.26. The lowest BCUT2D eigenvalue weighted by atomic mass is 10.2. The lowest BCUT2D eigenvalue weighted by Crippen LogP contribution is -2.39. The zero-order chi connectivity index (χ0) is 14.0. The Morgan fingerprint density at radius 1 is 1.58 bits per heavy atom. The largest absolute Gasteiger partial charge is 0.493 e. The third-order valence-electron chi connectivity index (χ3n) is 2.36. The second kappa shape index (κ2) is 5.31. The first kappa shape index (κ1) is 13.4. The summed E-state index contributed by atoms with van der Waals surface area (Å²) in [5.74, 6) is 0.548. The molecular weight excluding hydrogens is 270 g/mol. The minimum absolute atomic E-state index is 0.0964. The normalized spacial score (nSPS) is 10.9. The van der Waals surface area contributed by atoms with Crippen LogP contribution >= 0.6 is 11.6 Å². The molecule has 2 heterocycles. The Labute approximate surface area is 114 Å². The summed E-state index contributed by atoms with van der Waals surface area (Å²) in [5, 5.41) is 11.1. The summed E-state index contributed by atoms with van der Waals surface area (Å²) in [6.45, 7) is 4.55. The summed E-state index contributed by atoms with van der Waals surface area (Å²) in [5.41, 5.74) is -0.451. The van der Waals surface area contributed by atoms with Crippen molar-refractivity contribution in [2.75, 3.05) is 11.6 Å². The molecule has 0 saturated heterocycles. The number of aromatic amines is 1. The Bertz CT molecular complexity index is 622. The van der Waals surface area contributed by atoms with E-state index in [9.17, 15) is 9.90 Å². The molecule has 7 nitrogen and oxygen atoms in total. The van der Waals surface area contributed by atoms with Crippen molar-refractivity contribution < 1.29 is 5.11 Å². The molecule has 0 bridgehead atoms. The average Bonchev–Trinajstić information content (AvgIpc) is 2.65. The summed E-state index contributed by atoms with van der Waals surface area (Å²) in [7, 11) is 0. The fraction of sp³-hybridized carbons (Fsp3) is 0.364. The van der Waals surface area contributed by atoms with E-state index in [1.807, 2.05) is 13.8 Å². The molecule has 0 radical (unpaired) electrons. The Hall–Kier alpha value is -2.02. The second-order valence-corrected chi connectivity index (χ2v) is 4.79. The van der Waals surface area contributed by atoms with E-state index in [1.165, 1.54) is 17.1 Å². The van der Waals surface area contributed by atoms with Crippen LogP contribution in [0.25, 0.3) is 0 Å². The van der Waals surface area contributed by atoms with Crippen LogP contribution < -0.4 is 10.7 Å². The lowest BCUT2D eigenvalue weighted by Gasteiger charge is -2.25. The van der Waals surface area contributed by atoms with Crippen LogP contribution in [-0.4, -0.2) is 31.3 Å². The number of hydrogen-bond acceptors (Lipinski definition) is 5. The summed E-state index contributed by atoms with van der Waals surface area (Å²) >= 11 is 5.76. The molecule has 102 valence electrons. The van der Waals surface area contributed by atoms with Crippen molar-refractivity contribution in [3.8, 4) is 5.88 Å². The van der Waals surface area contributed by atoms with Gasteiger partial charge in [0.1, 0.15) is 0 Å². The number of H-pyrrole nitrogens is 1. The molecule has 0 aliphatic heterocycles. The molecule has 2 aromatic heterocycles. The minimum atomic E-state index is -0.451. The first-order valence-electron chi connectivity index (χ1n) is 5.74. The monoisotopic (exact) mass is 283 g/mol. The second-order valence-electron chi connectivity index (χ2n) is 4.45. The molecule has 0 saturated carbocycles. The molecule has 0 amide bonds. The van der Waals surface area contributed by atoms with E-state index in [2.05, 4.69) is 15.0 Å². The number of anilines is 1. The molecule has 0 aliphatic carbocycles. The number of hydrogen-bond donors (Lipinski definition) is 2. The molecule has 0 atom stereocenters. The molecule has 19 heavy (non-hydrogen) atoms. The SMILES string of the molecule is CC(C)CN(c1ccnc(Cl)n1)n1cc(O)[nH]c1=O. The Morgan fingerprint density at radius 3 is 2.84 bits per heavy atom. The van der Waals surface area contributed by atoms with Crippen LogP contribution in [0.3, 0.4) is 0 Å². The number of halogens is 1. The van der Waals surface area contributed by atoms with Crippen molar-refractivity contribution in [2.24, 2.45) is 5.92 Å². The van der Waals surface area contributed by atoms with Gasteiger partial charge in [0.2, 0.25) is 11.2 Å². The number of rotatable bonds is 4. The molecule has 0 fully saturated rings. The van der Waals surface area contributed by atoms with Gasteiger partial charge in [-0.1, -0.05) is 13.8 Å². The fourth-order valence-electron chi connectivity index (χ4n) is 1.66. The number of nitrogens with one attached hydrogen (secondary N) is 1. The van der Waals surface area contributed by atoms with Gasteiger partial charge in [0.15, 0.2) is 5.82 Å². The smallest absolute Gasteiger partial charge is 0.347 e. The fourth-order valence-corrected chi connectivity index (χ4v) is 1.80. The van der Waals surface area contributed by atoms with Crippen molar-refractivity contribution in [1.82, 2.24) is 19.6 Å². The van der Waals surface area contributed by atoms with Crippen LogP contribution in [0, 0.1) is 5.92 Å². The van der Waals surface area contributed by atoms with Crippen molar-refractivity contribution in [2.45, 2.75) is 13.8 Å². The van der Waals surface area contributed by atoms with Crippen molar-refractivity contribution in [1.29, 1.82) is 0 Å². The van der Waals surface area contributed by atoms with Gasteiger partial charge in [-0.15, -0.1) is 0 Å². The maximum Gasteiger partial charge on any atom is 0.347 e. The standard InChI is InChI=1S/C11H14ClN5O2/c1-7(2)5-16(8-3-4-13-10(12)14-8)17-6-9(18)15-11(17)19/h3-4,6-7,18H,5H2,1-2H3,(H,15,19). The molecule has 2 aromatic rings. The van der Waals surface area contributed by atoms with Gasteiger partial charge in [0.25, 0.3) is 0 Å². The maximum absolute atomic E-state index is 11.8.